The highest BCUT2D eigenvalue weighted by atomic mass is 35.5. The van der Waals surface area contributed by atoms with E-state index in [1.807, 2.05) is 0 Å². The van der Waals surface area contributed by atoms with Crippen molar-refractivity contribution in [2.75, 3.05) is 0 Å². The van der Waals surface area contributed by atoms with Gasteiger partial charge in [0.25, 0.3) is 0 Å². The maximum absolute atomic E-state index is 10.6. The van der Waals surface area contributed by atoms with Crippen molar-refractivity contribution in [2.45, 2.75) is 26.2 Å². The Morgan fingerprint density at radius 2 is 1.57 bits per heavy atom. The van der Waals surface area contributed by atoms with Crippen molar-refractivity contribution >= 4 is 29.5 Å². The number of hydrogen-bond acceptors (Lipinski definition) is 1. The summed E-state index contributed by atoms with van der Waals surface area (Å²) in [6, 6.07) is 3.58. The summed E-state index contributed by atoms with van der Waals surface area (Å²) in [6.07, 6.45) is 0.678. The quantitative estimate of drug-likeness (QED) is 0.665. The van der Waals surface area contributed by atoms with Gasteiger partial charge in [-0.2, -0.15) is 0 Å². The summed E-state index contributed by atoms with van der Waals surface area (Å²) in [5.74, 6) is 0. The largest absolute Gasteiger partial charge is 0.298 e. The van der Waals surface area contributed by atoms with E-state index in [-0.39, 0.29) is 5.41 Å². The molecule has 1 aromatic carbocycles. The second-order valence-electron chi connectivity index (χ2n) is 4.22. The standard InChI is InChI=1S/C11H12Cl2O/c1-11(2,3)7-4-9(12)8(6-14)10(13)5-7/h4-6H,1-3H3. The van der Waals surface area contributed by atoms with Gasteiger partial charge in [-0.15, -0.1) is 0 Å². The Balaban J connectivity index is 3.35. The lowest BCUT2D eigenvalue weighted by molar-refractivity contribution is 0.112. The topological polar surface area (TPSA) is 17.1 Å². The molecule has 14 heavy (non-hydrogen) atoms. The van der Waals surface area contributed by atoms with Gasteiger partial charge in [0.1, 0.15) is 0 Å². The highest BCUT2D eigenvalue weighted by molar-refractivity contribution is 6.38. The lowest BCUT2D eigenvalue weighted by atomic mass is 9.87. The molecule has 76 valence electrons. The maximum Gasteiger partial charge on any atom is 0.153 e. The molecule has 0 heterocycles. The summed E-state index contributed by atoms with van der Waals surface area (Å²) in [5.41, 5.74) is 1.37. The molecule has 0 amide bonds. The van der Waals surface area contributed by atoms with Gasteiger partial charge in [-0.25, -0.2) is 0 Å². The van der Waals surface area contributed by atoms with Crippen LogP contribution in [-0.2, 0) is 5.41 Å². The summed E-state index contributed by atoms with van der Waals surface area (Å²) >= 11 is 11.9. The van der Waals surface area contributed by atoms with Crippen LogP contribution in [0, 0.1) is 0 Å². The Labute approximate surface area is 94.0 Å². The predicted octanol–water partition coefficient (Wildman–Crippen LogP) is 4.10. The normalized spacial score (nSPS) is 11.5. The van der Waals surface area contributed by atoms with Crippen molar-refractivity contribution in [1.29, 1.82) is 0 Å². The Morgan fingerprint density at radius 1 is 1.14 bits per heavy atom. The monoisotopic (exact) mass is 230 g/mol. The number of carbonyl (C=O) groups is 1. The highest BCUT2D eigenvalue weighted by Crippen LogP contribution is 2.31. The molecule has 0 atom stereocenters. The minimum Gasteiger partial charge on any atom is -0.298 e. The van der Waals surface area contributed by atoms with Gasteiger partial charge in [0.15, 0.2) is 6.29 Å². The van der Waals surface area contributed by atoms with Crippen LogP contribution in [0.4, 0.5) is 0 Å². The second-order valence-corrected chi connectivity index (χ2v) is 5.04. The van der Waals surface area contributed by atoms with E-state index in [1.165, 1.54) is 0 Å². The fourth-order valence-electron chi connectivity index (χ4n) is 1.13. The second kappa shape index (κ2) is 3.92. The molecule has 0 unspecified atom stereocenters. The molecule has 0 spiro atoms. The van der Waals surface area contributed by atoms with E-state index < -0.39 is 0 Å². The third-order valence-electron chi connectivity index (χ3n) is 2.06. The highest BCUT2D eigenvalue weighted by Gasteiger charge is 2.17. The molecule has 1 rings (SSSR count). The summed E-state index contributed by atoms with van der Waals surface area (Å²) in [7, 11) is 0. The lowest BCUT2D eigenvalue weighted by Gasteiger charge is -2.20. The smallest absolute Gasteiger partial charge is 0.153 e. The molecule has 0 fully saturated rings. The average molecular weight is 231 g/mol. The fraction of sp³-hybridized carbons (Fsp3) is 0.364. The van der Waals surface area contributed by atoms with Crippen LogP contribution >= 0.6 is 23.2 Å². The first-order chi connectivity index (χ1) is 6.36. The Kier molecular flexibility index (Phi) is 3.23. The van der Waals surface area contributed by atoms with Crippen LogP contribution in [-0.4, -0.2) is 6.29 Å². The lowest BCUT2D eigenvalue weighted by Crippen LogP contribution is -2.11. The van der Waals surface area contributed by atoms with E-state index in [4.69, 9.17) is 23.2 Å². The van der Waals surface area contributed by atoms with E-state index in [9.17, 15) is 4.79 Å². The van der Waals surface area contributed by atoms with Crippen LogP contribution in [0.25, 0.3) is 0 Å². The van der Waals surface area contributed by atoms with Crippen LogP contribution in [0.1, 0.15) is 36.7 Å². The molecule has 0 aromatic heterocycles. The zero-order valence-electron chi connectivity index (χ0n) is 8.40. The predicted molar refractivity (Wildman–Crippen MR) is 60.5 cm³/mol. The zero-order valence-corrected chi connectivity index (χ0v) is 9.91. The van der Waals surface area contributed by atoms with E-state index in [0.717, 1.165) is 5.56 Å². The van der Waals surface area contributed by atoms with Crippen molar-refractivity contribution < 1.29 is 4.79 Å². The number of halogens is 2. The third kappa shape index (κ3) is 2.28. The van der Waals surface area contributed by atoms with Crippen LogP contribution in [0.5, 0.6) is 0 Å². The molecule has 0 aliphatic carbocycles. The Bertz CT molecular complexity index is 341. The molecule has 0 saturated heterocycles. The van der Waals surface area contributed by atoms with Crippen LogP contribution in [0.3, 0.4) is 0 Å². The SMILES string of the molecule is CC(C)(C)c1cc(Cl)c(C=O)c(Cl)c1. The Morgan fingerprint density at radius 3 is 1.86 bits per heavy atom. The van der Waals surface area contributed by atoms with Gasteiger partial charge in [0.2, 0.25) is 0 Å². The van der Waals surface area contributed by atoms with Gasteiger partial charge in [-0.3, -0.25) is 4.79 Å². The minimum atomic E-state index is -0.0192. The van der Waals surface area contributed by atoms with Crippen molar-refractivity contribution in [2.24, 2.45) is 0 Å². The Hall–Kier alpha value is -0.530. The van der Waals surface area contributed by atoms with E-state index in [0.29, 0.717) is 21.9 Å². The van der Waals surface area contributed by atoms with Crippen LogP contribution in [0.2, 0.25) is 10.0 Å². The number of rotatable bonds is 1. The minimum absolute atomic E-state index is 0.0192. The molecule has 3 heteroatoms. The van der Waals surface area contributed by atoms with Gasteiger partial charge < -0.3 is 0 Å². The van der Waals surface area contributed by atoms with Crippen molar-refractivity contribution in [3.63, 3.8) is 0 Å². The number of aldehydes is 1. The zero-order chi connectivity index (χ0) is 10.9. The summed E-state index contributed by atoms with van der Waals surface area (Å²) in [4.78, 5) is 10.6. The first-order valence-electron chi connectivity index (χ1n) is 4.31. The number of carbonyl (C=O) groups excluding carboxylic acids is 1. The van der Waals surface area contributed by atoms with Crippen molar-refractivity contribution in [3.05, 3.63) is 33.3 Å². The average Bonchev–Trinajstić information content (AvgIpc) is 2.01. The molecule has 1 aromatic rings. The van der Waals surface area contributed by atoms with Crippen molar-refractivity contribution in [1.82, 2.24) is 0 Å². The van der Waals surface area contributed by atoms with E-state index in [1.54, 1.807) is 12.1 Å². The summed E-state index contributed by atoms with van der Waals surface area (Å²) in [6.45, 7) is 6.20. The van der Waals surface area contributed by atoms with Gasteiger partial charge in [-0.1, -0.05) is 44.0 Å². The van der Waals surface area contributed by atoms with Crippen LogP contribution < -0.4 is 0 Å². The molecule has 0 aliphatic rings. The first-order valence-corrected chi connectivity index (χ1v) is 5.06. The molecule has 0 N–H and O–H groups in total. The van der Waals surface area contributed by atoms with E-state index in [2.05, 4.69) is 20.8 Å². The summed E-state index contributed by atoms with van der Waals surface area (Å²) < 4.78 is 0. The number of hydrogen-bond donors (Lipinski definition) is 0. The molecular formula is C11H12Cl2O. The molecule has 0 saturated carbocycles. The first kappa shape index (κ1) is 11.5. The van der Waals surface area contributed by atoms with Crippen molar-refractivity contribution in [3.8, 4) is 0 Å². The van der Waals surface area contributed by atoms with Gasteiger partial charge >= 0.3 is 0 Å². The molecule has 0 radical (unpaired) electrons. The third-order valence-corrected chi connectivity index (χ3v) is 2.69. The molecule has 1 nitrogen and oxygen atoms in total. The van der Waals surface area contributed by atoms with E-state index >= 15 is 0 Å². The summed E-state index contributed by atoms with van der Waals surface area (Å²) in [5, 5.41) is 0.829. The number of benzene rings is 1. The molecule has 0 bridgehead atoms. The molecule has 0 aliphatic heterocycles. The van der Waals surface area contributed by atoms with Gasteiger partial charge in [0.05, 0.1) is 15.6 Å². The fourth-order valence-corrected chi connectivity index (χ4v) is 1.71. The molecular weight excluding hydrogens is 219 g/mol. The van der Waals surface area contributed by atoms with Gasteiger partial charge in [0, 0.05) is 0 Å². The maximum atomic E-state index is 10.6. The van der Waals surface area contributed by atoms with Gasteiger partial charge in [-0.05, 0) is 23.1 Å². The van der Waals surface area contributed by atoms with Crippen LogP contribution in [0.15, 0.2) is 12.1 Å².